The summed E-state index contributed by atoms with van der Waals surface area (Å²) in [7, 11) is 0. The van der Waals surface area contributed by atoms with E-state index in [-0.39, 0.29) is 0 Å². The molecule has 0 aliphatic carbocycles. The van der Waals surface area contributed by atoms with Crippen LogP contribution in [0.15, 0.2) is 30.3 Å². The third-order valence-corrected chi connectivity index (χ3v) is 1.33. The molecule has 1 aromatic rings. The lowest BCUT2D eigenvalue weighted by molar-refractivity contribution is 1.16. The summed E-state index contributed by atoms with van der Waals surface area (Å²) in [5, 5.41) is 0. The molecule has 0 aliphatic heterocycles. The highest BCUT2D eigenvalue weighted by Crippen LogP contribution is 1.92. The number of aryl methyl sites for hydroxylation is 1. The molecule has 0 bridgehead atoms. The maximum Gasteiger partial charge on any atom is 0.00255 e. The van der Waals surface area contributed by atoms with E-state index in [1.165, 1.54) is 5.56 Å². The first-order chi connectivity index (χ1) is 5.31. The van der Waals surface area contributed by atoms with Crippen molar-refractivity contribution in [2.45, 2.75) is 6.92 Å². The first-order valence-corrected chi connectivity index (χ1v) is 4.27. The zero-order valence-corrected chi connectivity index (χ0v) is 7.72. The third kappa shape index (κ3) is 7.43. The van der Waals surface area contributed by atoms with Gasteiger partial charge < -0.3 is 5.73 Å². The maximum atomic E-state index is 4.95. The van der Waals surface area contributed by atoms with Crippen molar-refractivity contribution >= 4 is 12.6 Å². The lowest BCUT2D eigenvalue weighted by Gasteiger charge is -1.82. The van der Waals surface area contributed by atoms with Crippen LogP contribution in [0.3, 0.4) is 0 Å². The molecule has 0 aliphatic rings. The van der Waals surface area contributed by atoms with Gasteiger partial charge in [0.1, 0.15) is 0 Å². The Balaban J connectivity index is 0.000000218. The van der Waals surface area contributed by atoms with Gasteiger partial charge in [0.15, 0.2) is 0 Å². The standard InChI is InChI=1S/C7H8.C2H7NS/c1-7-5-3-2-4-6-7;3-1-2-4/h2-6H,1H3;4H,1-3H2. The molecule has 2 N–H and O–H groups in total. The van der Waals surface area contributed by atoms with Gasteiger partial charge in [0.05, 0.1) is 0 Å². The van der Waals surface area contributed by atoms with Gasteiger partial charge in [0, 0.05) is 12.3 Å². The van der Waals surface area contributed by atoms with Crippen LogP contribution in [0.2, 0.25) is 0 Å². The van der Waals surface area contributed by atoms with Crippen LogP contribution < -0.4 is 5.73 Å². The van der Waals surface area contributed by atoms with Crippen molar-refractivity contribution in [2.24, 2.45) is 5.73 Å². The van der Waals surface area contributed by atoms with Crippen molar-refractivity contribution in [2.75, 3.05) is 12.3 Å². The molecule has 0 fully saturated rings. The molecule has 0 atom stereocenters. The van der Waals surface area contributed by atoms with Crippen LogP contribution in [0.5, 0.6) is 0 Å². The second-order valence-corrected chi connectivity index (χ2v) is 2.61. The number of hydrogen-bond acceptors (Lipinski definition) is 2. The molecule has 0 radical (unpaired) electrons. The van der Waals surface area contributed by atoms with Crippen LogP contribution in [0, 0.1) is 6.92 Å². The molecular formula is C9H15NS. The van der Waals surface area contributed by atoms with Crippen molar-refractivity contribution in [3.8, 4) is 0 Å². The van der Waals surface area contributed by atoms with Gasteiger partial charge in [-0.15, -0.1) is 0 Å². The van der Waals surface area contributed by atoms with Crippen molar-refractivity contribution in [1.82, 2.24) is 0 Å². The molecule has 0 heterocycles. The molecule has 1 rings (SSSR count). The van der Waals surface area contributed by atoms with E-state index in [1.807, 2.05) is 18.2 Å². The van der Waals surface area contributed by atoms with Crippen LogP contribution in [0.1, 0.15) is 5.56 Å². The van der Waals surface area contributed by atoms with Crippen LogP contribution in [0.4, 0.5) is 0 Å². The summed E-state index contributed by atoms with van der Waals surface area (Å²) in [5.41, 5.74) is 6.27. The highest BCUT2D eigenvalue weighted by molar-refractivity contribution is 7.80. The van der Waals surface area contributed by atoms with Crippen molar-refractivity contribution < 1.29 is 0 Å². The van der Waals surface area contributed by atoms with Gasteiger partial charge in [-0.1, -0.05) is 35.9 Å². The SMILES string of the molecule is Cc1ccccc1.NCCS. The highest BCUT2D eigenvalue weighted by Gasteiger charge is 1.72. The van der Waals surface area contributed by atoms with E-state index < -0.39 is 0 Å². The van der Waals surface area contributed by atoms with Gasteiger partial charge in [0.2, 0.25) is 0 Å². The Labute approximate surface area is 74.0 Å². The molecule has 0 saturated carbocycles. The average molecular weight is 169 g/mol. The lowest BCUT2D eigenvalue weighted by atomic mass is 10.2. The summed E-state index contributed by atoms with van der Waals surface area (Å²) in [6.45, 7) is 2.77. The molecule has 1 nitrogen and oxygen atoms in total. The molecule has 2 heteroatoms. The molecule has 0 amide bonds. The number of thiol groups is 1. The van der Waals surface area contributed by atoms with Gasteiger partial charge in [-0.05, 0) is 6.92 Å². The molecule has 1 aromatic carbocycles. The minimum Gasteiger partial charge on any atom is -0.330 e. The summed E-state index contributed by atoms with van der Waals surface area (Å²) in [4.78, 5) is 0. The van der Waals surface area contributed by atoms with Crippen molar-refractivity contribution in [3.63, 3.8) is 0 Å². The summed E-state index contributed by atoms with van der Waals surface area (Å²) >= 11 is 3.80. The molecule has 11 heavy (non-hydrogen) atoms. The van der Waals surface area contributed by atoms with Gasteiger partial charge in [-0.25, -0.2) is 0 Å². The predicted molar refractivity (Wildman–Crippen MR) is 54.1 cm³/mol. The summed E-state index contributed by atoms with van der Waals surface area (Å²) in [6, 6.07) is 10.3. The Kier molecular flexibility index (Phi) is 7.31. The molecule has 62 valence electrons. The number of nitrogens with two attached hydrogens (primary N) is 1. The Morgan fingerprint density at radius 2 is 1.73 bits per heavy atom. The van der Waals surface area contributed by atoms with Gasteiger partial charge in [-0.3, -0.25) is 0 Å². The van der Waals surface area contributed by atoms with E-state index in [0.29, 0.717) is 6.54 Å². The highest BCUT2D eigenvalue weighted by atomic mass is 32.1. The van der Waals surface area contributed by atoms with E-state index in [2.05, 4.69) is 31.7 Å². The maximum absolute atomic E-state index is 4.95. The van der Waals surface area contributed by atoms with Gasteiger partial charge in [-0.2, -0.15) is 12.6 Å². The number of rotatable bonds is 1. The minimum absolute atomic E-state index is 0.684. The average Bonchev–Trinajstić information content (AvgIpc) is 2.07. The largest absolute Gasteiger partial charge is 0.330 e. The molecular weight excluding hydrogens is 154 g/mol. The Bertz CT molecular complexity index is 160. The van der Waals surface area contributed by atoms with Crippen LogP contribution >= 0.6 is 12.6 Å². The van der Waals surface area contributed by atoms with E-state index in [4.69, 9.17) is 5.73 Å². The topological polar surface area (TPSA) is 26.0 Å². The monoisotopic (exact) mass is 169 g/mol. The molecule has 0 spiro atoms. The van der Waals surface area contributed by atoms with Crippen molar-refractivity contribution in [3.05, 3.63) is 35.9 Å². The van der Waals surface area contributed by atoms with Crippen LogP contribution in [0.25, 0.3) is 0 Å². The molecule has 0 unspecified atom stereocenters. The van der Waals surface area contributed by atoms with Crippen molar-refractivity contribution in [1.29, 1.82) is 0 Å². The smallest absolute Gasteiger partial charge is 0.00255 e. The van der Waals surface area contributed by atoms with Crippen LogP contribution in [-0.4, -0.2) is 12.3 Å². The lowest BCUT2D eigenvalue weighted by Crippen LogP contribution is -1.97. The molecule has 0 aromatic heterocycles. The zero-order chi connectivity index (χ0) is 8.53. The number of hydrogen-bond donors (Lipinski definition) is 2. The van der Waals surface area contributed by atoms with Crippen LogP contribution in [-0.2, 0) is 0 Å². The minimum atomic E-state index is 0.684. The fourth-order valence-corrected chi connectivity index (χ4v) is 0.534. The van der Waals surface area contributed by atoms with E-state index in [1.54, 1.807) is 0 Å². The fourth-order valence-electron chi connectivity index (χ4n) is 0.534. The van der Waals surface area contributed by atoms with E-state index in [0.717, 1.165) is 5.75 Å². The van der Waals surface area contributed by atoms with Gasteiger partial charge >= 0.3 is 0 Å². The first kappa shape index (κ1) is 10.5. The predicted octanol–water partition coefficient (Wildman–Crippen LogP) is 1.87. The fraction of sp³-hybridized carbons (Fsp3) is 0.333. The summed E-state index contributed by atoms with van der Waals surface area (Å²) < 4.78 is 0. The Morgan fingerprint density at radius 3 is 1.91 bits per heavy atom. The second kappa shape index (κ2) is 7.63. The second-order valence-electron chi connectivity index (χ2n) is 2.17. The van der Waals surface area contributed by atoms with E-state index in [9.17, 15) is 0 Å². The Hall–Kier alpha value is -0.470. The Morgan fingerprint density at radius 1 is 1.27 bits per heavy atom. The summed E-state index contributed by atoms with van der Waals surface area (Å²) in [6.07, 6.45) is 0. The quantitative estimate of drug-likeness (QED) is 0.617. The normalized spacial score (nSPS) is 8.27. The zero-order valence-electron chi connectivity index (χ0n) is 6.83. The summed E-state index contributed by atoms with van der Waals surface area (Å²) in [5.74, 6) is 0.792. The van der Waals surface area contributed by atoms with Gasteiger partial charge in [0.25, 0.3) is 0 Å². The van der Waals surface area contributed by atoms with E-state index >= 15 is 0 Å². The first-order valence-electron chi connectivity index (χ1n) is 3.64. The number of benzene rings is 1. The molecule has 0 saturated heterocycles. The third-order valence-electron chi connectivity index (χ3n) is 1.07.